The molecule has 2 aliphatic heterocycles. The molecule has 5 atom stereocenters. The van der Waals surface area contributed by atoms with Gasteiger partial charge in [-0.2, -0.15) is 17.5 Å². The van der Waals surface area contributed by atoms with Crippen LogP contribution in [0.3, 0.4) is 0 Å². The van der Waals surface area contributed by atoms with Crippen molar-refractivity contribution in [1.82, 2.24) is 14.6 Å². The molecule has 15 heteroatoms. The third-order valence-electron chi connectivity index (χ3n) is 10.7. The number of primary amides is 1. The highest BCUT2D eigenvalue weighted by atomic mass is 32.2. The maximum Gasteiger partial charge on any atom is 0.404 e. The summed E-state index contributed by atoms with van der Waals surface area (Å²) in [5.74, 6) is -0.345. The van der Waals surface area contributed by atoms with Crippen LogP contribution in [0.25, 0.3) is 0 Å². The third kappa shape index (κ3) is 5.65. The van der Waals surface area contributed by atoms with Crippen molar-refractivity contribution in [2.75, 3.05) is 59.7 Å². The summed E-state index contributed by atoms with van der Waals surface area (Å²) in [4.78, 5) is 36.5. The zero-order valence-electron chi connectivity index (χ0n) is 25.3. The SMILES string of the molecule is NC(=O)C12CC3C[C@H](C1)C(NC(=O)N1CCN(c4ccc(N5CCN(S(=O)(=O)CC(F)(F)F)CC5)cn4)c4ccccc41)[C@@H](C3)C2. The highest BCUT2D eigenvalue weighted by molar-refractivity contribution is 7.89. The third-order valence-corrected chi connectivity index (χ3v) is 12.5. The van der Waals surface area contributed by atoms with E-state index in [9.17, 15) is 31.2 Å². The van der Waals surface area contributed by atoms with Crippen LogP contribution in [0.4, 0.5) is 40.8 Å². The summed E-state index contributed by atoms with van der Waals surface area (Å²) in [6, 6.07) is 11.3. The number of hydrogen-bond acceptors (Lipinski definition) is 7. The minimum atomic E-state index is -4.78. The summed E-state index contributed by atoms with van der Waals surface area (Å²) in [6.45, 7) is 1.38. The van der Waals surface area contributed by atoms with E-state index in [0.717, 1.165) is 53.5 Å². The quantitative estimate of drug-likeness (QED) is 0.485. The molecule has 5 fully saturated rings. The average molecular weight is 662 g/mol. The number of nitrogens with two attached hydrogens (primary N) is 1. The van der Waals surface area contributed by atoms with Gasteiger partial charge >= 0.3 is 12.2 Å². The Bertz CT molecular complexity index is 1600. The van der Waals surface area contributed by atoms with E-state index in [1.807, 2.05) is 46.2 Å². The summed E-state index contributed by atoms with van der Waals surface area (Å²) in [7, 11) is -4.42. The van der Waals surface area contributed by atoms with Crippen molar-refractivity contribution in [2.45, 2.75) is 44.3 Å². The van der Waals surface area contributed by atoms with Crippen molar-refractivity contribution in [1.29, 1.82) is 0 Å². The molecule has 4 aliphatic carbocycles. The molecular formula is C31H38F3N7O4S. The van der Waals surface area contributed by atoms with Crippen LogP contribution < -0.4 is 25.8 Å². The lowest BCUT2D eigenvalue weighted by atomic mass is 9.47. The zero-order chi connectivity index (χ0) is 32.4. The Kier molecular flexibility index (Phi) is 7.61. The number of carbonyl (C=O) groups excluding carboxylic acids is 2. The summed E-state index contributed by atoms with van der Waals surface area (Å²) in [6.07, 6.45) is 1.33. The number of rotatable bonds is 6. The molecule has 3 heterocycles. The van der Waals surface area contributed by atoms with Crippen molar-refractivity contribution in [3.8, 4) is 0 Å². The number of sulfonamides is 1. The molecule has 3 unspecified atom stereocenters. The predicted octanol–water partition coefficient (Wildman–Crippen LogP) is 3.44. The van der Waals surface area contributed by atoms with Crippen LogP contribution in [-0.4, -0.2) is 86.9 Å². The summed E-state index contributed by atoms with van der Waals surface area (Å²) < 4.78 is 63.3. The molecule has 46 heavy (non-hydrogen) atoms. The van der Waals surface area contributed by atoms with Gasteiger partial charge in [0.2, 0.25) is 15.9 Å². The van der Waals surface area contributed by atoms with Crippen LogP contribution in [0.15, 0.2) is 42.6 Å². The fraction of sp³-hybridized carbons (Fsp3) is 0.581. The first kappa shape index (κ1) is 31.0. The van der Waals surface area contributed by atoms with E-state index >= 15 is 0 Å². The molecular weight excluding hydrogens is 623 g/mol. The lowest BCUT2D eigenvalue weighted by Crippen LogP contribution is -2.63. The number of amides is 3. The highest BCUT2D eigenvalue weighted by Gasteiger charge is 2.58. The molecule has 3 N–H and O–H groups in total. The molecule has 4 bridgehead atoms. The number of nitrogens with one attached hydrogen (secondary N) is 1. The minimum absolute atomic E-state index is 0.0301. The molecule has 11 nitrogen and oxygen atoms in total. The van der Waals surface area contributed by atoms with Gasteiger partial charge in [0.25, 0.3) is 0 Å². The van der Waals surface area contributed by atoms with Gasteiger partial charge in [0, 0.05) is 50.7 Å². The number of anilines is 4. The zero-order valence-corrected chi connectivity index (χ0v) is 26.1. The van der Waals surface area contributed by atoms with Crippen LogP contribution in [0.1, 0.15) is 32.1 Å². The van der Waals surface area contributed by atoms with E-state index in [1.165, 1.54) is 0 Å². The molecule has 1 saturated heterocycles. The van der Waals surface area contributed by atoms with Crippen LogP contribution >= 0.6 is 0 Å². The predicted molar refractivity (Wildman–Crippen MR) is 166 cm³/mol. The van der Waals surface area contributed by atoms with Gasteiger partial charge in [-0.1, -0.05) is 12.1 Å². The molecule has 2 aromatic rings. The fourth-order valence-corrected chi connectivity index (χ4v) is 10.2. The number of fused-ring (bicyclic) bond motifs is 1. The Balaban J connectivity index is 1.01. The van der Waals surface area contributed by atoms with E-state index in [-0.39, 0.29) is 56.0 Å². The number of benzene rings is 1. The van der Waals surface area contributed by atoms with Gasteiger partial charge < -0.3 is 20.9 Å². The van der Waals surface area contributed by atoms with Crippen LogP contribution in [0, 0.1) is 23.2 Å². The minimum Gasteiger partial charge on any atom is -0.369 e. The van der Waals surface area contributed by atoms with Crippen LogP contribution in [0.2, 0.25) is 0 Å². The van der Waals surface area contributed by atoms with E-state index in [0.29, 0.717) is 24.8 Å². The van der Waals surface area contributed by atoms with Gasteiger partial charge in [0.1, 0.15) is 5.82 Å². The standard InChI is InChI=1S/C31H38F3N7O4S/c32-31(33,34)19-46(44,45)39-9-7-38(8-10-39)23-5-6-26(36-18-23)40-11-12-41(25-4-2-1-3-24(25)40)29(43)37-27-21-13-20-14-22(27)17-30(15-20,16-21)28(35)42/h1-6,18,20-22,27H,7-17,19H2,(H2,35,42)(H,37,43)/t20?,21-,22+,27?,30?. The maximum atomic E-state index is 13.8. The smallest absolute Gasteiger partial charge is 0.369 e. The molecule has 4 saturated carbocycles. The first-order chi connectivity index (χ1) is 21.8. The Labute approximate surface area is 265 Å². The van der Waals surface area contributed by atoms with Gasteiger partial charge in [-0.3, -0.25) is 9.69 Å². The maximum absolute atomic E-state index is 13.8. The second-order valence-electron chi connectivity index (χ2n) is 13.5. The first-order valence-electron chi connectivity index (χ1n) is 15.8. The van der Waals surface area contributed by atoms with Gasteiger partial charge in [0.05, 0.1) is 23.3 Å². The normalized spacial score (nSPS) is 29.5. The molecule has 1 aromatic heterocycles. The van der Waals surface area contributed by atoms with E-state index in [2.05, 4.69) is 10.3 Å². The van der Waals surface area contributed by atoms with Gasteiger partial charge in [-0.25, -0.2) is 18.2 Å². The van der Waals surface area contributed by atoms with Crippen molar-refractivity contribution in [2.24, 2.45) is 28.9 Å². The number of alkyl halides is 3. The largest absolute Gasteiger partial charge is 0.404 e. The monoisotopic (exact) mass is 661 g/mol. The molecule has 8 rings (SSSR count). The Morgan fingerprint density at radius 3 is 2.22 bits per heavy atom. The first-order valence-corrected chi connectivity index (χ1v) is 17.4. The topological polar surface area (TPSA) is 132 Å². The second-order valence-corrected chi connectivity index (χ2v) is 15.5. The Morgan fingerprint density at radius 1 is 0.935 bits per heavy atom. The number of urea groups is 1. The number of pyridine rings is 1. The van der Waals surface area contributed by atoms with Gasteiger partial charge in [-0.05, 0) is 74.1 Å². The summed E-state index contributed by atoms with van der Waals surface area (Å²) >= 11 is 0. The number of piperazine rings is 1. The van der Waals surface area contributed by atoms with Crippen LogP contribution in [-0.2, 0) is 14.8 Å². The number of nitrogens with zero attached hydrogens (tertiary/aromatic N) is 5. The number of aromatic nitrogens is 1. The number of carbonyl (C=O) groups is 2. The van der Waals surface area contributed by atoms with Crippen molar-refractivity contribution in [3.63, 3.8) is 0 Å². The van der Waals surface area contributed by atoms with Crippen LogP contribution in [0.5, 0.6) is 0 Å². The number of hydrogen-bond donors (Lipinski definition) is 2. The molecule has 6 aliphatic rings. The lowest BCUT2D eigenvalue weighted by Gasteiger charge is -2.59. The van der Waals surface area contributed by atoms with Crippen molar-refractivity contribution >= 4 is 44.8 Å². The van der Waals surface area contributed by atoms with Gasteiger partial charge in [0.15, 0.2) is 5.75 Å². The highest BCUT2D eigenvalue weighted by Crippen LogP contribution is 2.60. The Morgan fingerprint density at radius 2 is 1.61 bits per heavy atom. The van der Waals surface area contributed by atoms with E-state index in [4.69, 9.17) is 5.73 Å². The number of para-hydroxylation sites is 2. The average Bonchev–Trinajstić information content (AvgIpc) is 3.01. The molecule has 3 amide bonds. The van der Waals surface area contributed by atoms with Gasteiger partial charge in [-0.15, -0.1) is 0 Å². The molecule has 0 radical (unpaired) electrons. The summed E-state index contributed by atoms with van der Waals surface area (Å²) in [5.41, 5.74) is 7.79. The number of halogens is 3. The molecule has 248 valence electrons. The Hall–Kier alpha value is -3.59. The van der Waals surface area contributed by atoms with Crippen molar-refractivity contribution < 1.29 is 31.2 Å². The fourth-order valence-electron chi connectivity index (χ4n) is 8.84. The van der Waals surface area contributed by atoms with E-state index in [1.54, 1.807) is 11.1 Å². The molecule has 1 aromatic carbocycles. The summed E-state index contributed by atoms with van der Waals surface area (Å²) in [5, 5.41) is 3.35. The molecule has 0 spiro atoms. The lowest BCUT2D eigenvalue weighted by molar-refractivity contribution is -0.145. The van der Waals surface area contributed by atoms with E-state index < -0.39 is 27.4 Å². The van der Waals surface area contributed by atoms with Crippen molar-refractivity contribution in [3.05, 3.63) is 42.6 Å². The second kappa shape index (κ2) is 11.3.